The van der Waals surface area contributed by atoms with Crippen molar-refractivity contribution in [1.29, 1.82) is 0 Å². The third kappa shape index (κ3) is 5.34. The van der Waals surface area contributed by atoms with E-state index in [4.69, 9.17) is 14.2 Å². The van der Waals surface area contributed by atoms with Crippen LogP contribution in [0.1, 0.15) is 35.7 Å². The topological polar surface area (TPSA) is 91.3 Å². The highest BCUT2D eigenvalue weighted by molar-refractivity contribution is 6.07. The van der Waals surface area contributed by atoms with E-state index in [0.717, 1.165) is 0 Å². The molecule has 0 N–H and O–H groups in total. The Hall–Kier alpha value is -3.81. The standard InChI is InChI=1S/C25H24FNO6/c1-15-20(24(29)31-3)22(18-11-7-8-12-19(18)26)21(16(2)27-15)25(30)33-14-13-32-23(28)17-9-5-4-6-10-17/h4-12,20,22H,13-14H2,1-3H3. The van der Waals surface area contributed by atoms with E-state index in [-0.39, 0.29) is 24.4 Å². The van der Waals surface area contributed by atoms with Gasteiger partial charge < -0.3 is 14.2 Å². The van der Waals surface area contributed by atoms with Crippen molar-refractivity contribution >= 4 is 23.6 Å². The van der Waals surface area contributed by atoms with Gasteiger partial charge in [-0.2, -0.15) is 0 Å². The molecule has 0 aromatic heterocycles. The molecule has 2 unspecified atom stereocenters. The lowest BCUT2D eigenvalue weighted by atomic mass is 9.75. The van der Waals surface area contributed by atoms with Crippen LogP contribution in [0.2, 0.25) is 0 Å². The van der Waals surface area contributed by atoms with Crippen molar-refractivity contribution in [1.82, 2.24) is 0 Å². The average Bonchev–Trinajstić information content (AvgIpc) is 2.81. The first-order valence-electron chi connectivity index (χ1n) is 10.3. The van der Waals surface area contributed by atoms with Gasteiger partial charge in [0.05, 0.1) is 18.2 Å². The van der Waals surface area contributed by atoms with E-state index in [1.807, 2.05) is 0 Å². The molecule has 0 spiro atoms. The van der Waals surface area contributed by atoms with Crippen LogP contribution in [0, 0.1) is 11.7 Å². The Labute approximate surface area is 190 Å². The fraction of sp³-hybridized carbons (Fsp3) is 0.280. The lowest BCUT2D eigenvalue weighted by Gasteiger charge is -2.31. The summed E-state index contributed by atoms with van der Waals surface area (Å²) in [7, 11) is 1.22. The number of benzene rings is 2. The van der Waals surface area contributed by atoms with Crippen LogP contribution in [0.3, 0.4) is 0 Å². The first-order chi connectivity index (χ1) is 15.8. The highest BCUT2D eigenvalue weighted by Gasteiger charge is 2.43. The Bertz CT molecular complexity index is 1110. The van der Waals surface area contributed by atoms with Crippen LogP contribution in [0.5, 0.6) is 0 Å². The van der Waals surface area contributed by atoms with Gasteiger partial charge in [-0.1, -0.05) is 36.4 Å². The zero-order chi connectivity index (χ0) is 24.0. The molecule has 0 radical (unpaired) electrons. The van der Waals surface area contributed by atoms with Gasteiger partial charge in [-0.3, -0.25) is 9.79 Å². The van der Waals surface area contributed by atoms with Crippen molar-refractivity contribution in [2.45, 2.75) is 19.8 Å². The molecule has 0 amide bonds. The zero-order valence-corrected chi connectivity index (χ0v) is 18.5. The molecule has 7 nitrogen and oxygen atoms in total. The number of hydrogen-bond donors (Lipinski definition) is 0. The summed E-state index contributed by atoms with van der Waals surface area (Å²) in [5.41, 5.74) is 1.30. The van der Waals surface area contributed by atoms with Crippen LogP contribution in [-0.2, 0) is 23.8 Å². The molecule has 8 heteroatoms. The maximum Gasteiger partial charge on any atom is 0.338 e. The summed E-state index contributed by atoms with van der Waals surface area (Å²) in [5, 5.41) is 0. The number of nitrogens with zero attached hydrogens (tertiary/aromatic N) is 1. The van der Waals surface area contributed by atoms with E-state index >= 15 is 0 Å². The Morgan fingerprint density at radius 2 is 1.52 bits per heavy atom. The Balaban J connectivity index is 1.80. The molecule has 1 aliphatic rings. The third-order valence-electron chi connectivity index (χ3n) is 5.30. The van der Waals surface area contributed by atoms with Gasteiger partial charge in [0.2, 0.25) is 0 Å². The van der Waals surface area contributed by atoms with Crippen LogP contribution in [0.25, 0.3) is 0 Å². The summed E-state index contributed by atoms with van der Waals surface area (Å²) in [6, 6.07) is 14.3. The van der Waals surface area contributed by atoms with Gasteiger partial charge in [-0.05, 0) is 37.6 Å². The molecule has 0 saturated carbocycles. The summed E-state index contributed by atoms with van der Waals surface area (Å²) in [6.07, 6.45) is 0. The molecule has 33 heavy (non-hydrogen) atoms. The molecular formula is C25H24FNO6. The molecule has 3 rings (SSSR count). The predicted octanol–water partition coefficient (Wildman–Crippen LogP) is 3.85. The molecule has 0 fully saturated rings. The Kier molecular flexibility index (Phi) is 7.71. The second-order valence-corrected chi connectivity index (χ2v) is 7.39. The number of esters is 3. The van der Waals surface area contributed by atoms with Crippen molar-refractivity contribution in [3.63, 3.8) is 0 Å². The number of carbonyl (C=O) groups is 3. The number of hydrogen-bond acceptors (Lipinski definition) is 7. The molecule has 0 bridgehead atoms. The summed E-state index contributed by atoms with van der Waals surface area (Å²) in [6.45, 7) is 2.84. The van der Waals surface area contributed by atoms with Crippen LogP contribution in [-0.4, -0.2) is 43.9 Å². The number of rotatable bonds is 7. The number of allylic oxidation sites excluding steroid dienone is 1. The minimum atomic E-state index is -0.992. The first-order valence-corrected chi connectivity index (χ1v) is 10.3. The fourth-order valence-electron chi connectivity index (χ4n) is 3.80. The maximum atomic E-state index is 14.7. The number of halogens is 1. The Morgan fingerprint density at radius 3 is 2.15 bits per heavy atom. The number of carbonyl (C=O) groups excluding carboxylic acids is 3. The monoisotopic (exact) mass is 453 g/mol. The third-order valence-corrected chi connectivity index (χ3v) is 5.30. The van der Waals surface area contributed by atoms with Crippen molar-refractivity contribution in [3.05, 3.63) is 82.8 Å². The van der Waals surface area contributed by atoms with E-state index in [1.54, 1.807) is 50.2 Å². The second kappa shape index (κ2) is 10.7. The molecule has 2 aromatic carbocycles. The van der Waals surface area contributed by atoms with Gasteiger partial charge >= 0.3 is 17.9 Å². The molecule has 172 valence electrons. The average molecular weight is 453 g/mol. The Morgan fingerprint density at radius 1 is 0.909 bits per heavy atom. The zero-order valence-electron chi connectivity index (χ0n) is 18.5. The van der Waals surface area contributed by atoms with Crippen molar-refractivity contribution < 1.29 is 33.0 Å². The van der Waals surface area contributed by atoms with Crippen LogP contribution in [0.15, 0.2) is 70.9 Å². The lowest BCUT2D eigenvalue weighted by Crippen LogP contribution is -2.36. The van der Waals surface area contributed by atoms with Crippen molar-refractivity contribution in [3.8, 4) is 0 Å². The maximum absolute atomic E-state index is 14.7. The van der Waals surface area contributed by atoms with Crippen LogP contribution < -0.4 is 0 Å². The summed E-state index contributed by atoms with van der Waals surface area (Å²) >= 11 is 0. The van der Waals surface area contributed by atoms with Gasteiger partial charge in [0.1, 0.15) is 24.9 Å². The molecular weight excluding hydrogens is 429 g/mol. The first kappa shape index (κ1) is 23.8. The molecule has 2 aromatic rings. The smallest absolute Gasteiger partial charge is 0.338 e. The summed E-state index contributed by atoms with van der Waals surface area (Å²) in [5.74, 6) is -4.50. The molecule has 0 aliphatic carbocycles. The SMILES string of the molecule is COC(=O)C1C(C)=NC(C)=C(C(=O)OCCOC(=O)c2ccccc2)C1c1ccccc1F. The number of aliphatic imine (C=N–C) groups is 1. The van der Waals surface area contributed by atoms with E-state index in [2.05, 4.69) is 4.99 Å². The molecule has 2 atom stereocenters. The molecule has 1 heterocycles. The van der Waals surface area contributed by atoms with Crippen molar-refractivity contribution in [2.24, 2.45) is 10.9 Å². The normalized spacial score (nSPS) is 17.8. The van der Waals surface area contributed by atoms with E-state index in [0.29, 0.717) is 17.0 Å². The van der Waals surface area contributed by atoms with Gasteiger partial charge in [0.25, 0.3) is 0 Å². The van der Waals surface area contributed by atoms with Gasteiger partial charge in [-0.15, -0.1) is 0 Å². The number of ether oxygens (including phenoxy) is 3. The highest BCUT2D eigenvalue weighted by Crippen LogP contribution is 2.40. The predicted molar refractivity (Wildman–Crippen MR) is 118 cm³/mol. The number of methoxy groups -OCH3 is 1. The second-order valence-electron chi connectivity index (χ2n) is 7.39. The summed E-state index contributed by atoms with van der Waals surface area (Å²) < 4.78 is 30.1. The minimum absolute atomic E-state index is 0.0514. The largest absolute Gasteiger partial charge is 0.468 e. The van der Waals surface area contributed by atoms with Gasteiger partial charge in [0, 0.05) is 17.3 Å². The minimum Gasteiger partial charge on any atom is -0.468 e. The fourth-order valence-corrected chi connectivity index (χ4v) is 3.80. The van der Waals surface area contributed by atoms with Crippen LogP contribution >= 0.6 is 0 Å². The molecule has 1 aliphatic heterocycles. The van der Waals surface area contributed by atoms with Crippen molar-refractivity contribution in [2.75, 3.05) is 20.3 Å². The highest BCUT2D eigenvalue weighted by atomic mass is 19.1. The van der Waals surface area contributed by atoms with E-state index in [1.165, 1.54) is 25.3 Å². The van der Waals surface area contributed by atoms with Gasteiger partial charge in [-0.25, -0.2) is 14.0 Å². The lowest BCUT2D eigenvalue weighted by molar-refractivity contribution is -0.144. The molecule has 0 saturated heterocycles. The van der Waals surface area contributed by atoms with Gasteiger partial charge in [0.15, 0.2) is 0 Å². The quantitative estimate of drug-likeness (QED) is 0.359. The summed E-state index contributed by atoms with van der Waals surface area (Å²) in [4.78, 5) is 41.9. The van der Waals surface area contributed by atoms with E-state index in [9.17, 15) is 18.8 Å². The van der Waals surface area contributed by atoms with E-state index < -0.39 is 35.6 Å². The van der Waals surface area contributed by atoms with Crippen LogP contribution in [0.4, 0.5) is 4.39 Å².